The lowest BCUT2D eigenvalue weighted by Crippen LogP contribution is -2.42. The molecule has 1 N–H and O–H groups in total. The number of morpholine rings is 1. The van der Waals surface area contributed by atoms with Crippen LogP contribution in [0.4, 0.5) is 0 Å². The maximum absolute atomic E-state index is 11.8. The van der Waals surface area contributed by atoms with Gasteiger partial charge in [-0.15, -0.1) is 0 Å². The molecule has 0 bridgehead atoms. The van der Waals surface area contributed by atoms with E-state index in [1.54, 1.807) is 12.1 Å². The second kappa shape index (κ2) is 8.71. The summed E-state index contributed by atoms with van der Waals surface area (Å²) in [5.41, 5.74) is 3.11. The van der Waals surface area contributed by atoms with Crippen LogP contribution >= 0.6 is 11.6 Å². The predicted octanol–water partition coefficient (Wildman–Crippen LogP) is 1.14. The molecule has 8 heteroatoms. The van der Waals surface area contributed by atoms with Gasteiger partial charge in [0.1, 0.15) is 0 Å². The molecule has 23 heavy (non-hydrogen) atoms. The first-order chi connectivity index (χ1) is 11.1. The molecule has 1 aliphatic rings. The van der Waals surface area contributed by atoms with Gasteiger partial charge in [-0.1, -0.05) is 11.6 Å². The molecule has 0 aromatic heterocycles. The van der Waals surface area contributed by atoms with E-state index < -0.39 is 0 Å². The van der Waals surface area contributed by atoms with Gasteiger partial charge in [-0.05, 0) is 6.07 Å². The number of carbonyl (C=O) groups excluding carboxylic acids is 1. The van der Waals surface area contributed by atoms with Crippen molar-refractivity contribution >= 4 is 23.7 Å². The Morgan fingerprint density at radius 2 is 2.00 bits per heavy atom. The summed E-state index contributed by atoms with van der Waals surface area (Å²) < 4.78 is 15.6. The number of nitrogens with zero attached hydrogens (tertiary/aromatic N) is 2. The van der Waals surface area contributed by atoms with E-state index in [-0.39, 0.29) is 5.91 Å². The number of hydrogen-bond acceptors (Lipinski definition) is 6. The highest BCUT2D eigenvalue weighted by molar-refractivity contribution is 6.33. The molecule has 0 spiro atoms. The number of benzene rings is 1. The van der Waals surface area contributed by atoms with Gasteiger partial charge in [-0.3, -0.25) is 9.69 Å². The fraction of sp³-hybridized carbons (Fsp3) is 0.467. The number of hydrogen-bond donors (Lipinski definition) is 1. The number of rotatable bonds is 6. The number of carbonyl (C=O) groups is 1. The number of hydrazone groups is 1. The van der Waals surface area contributed by atoms with Crippen LogP contribution in [0.25, 0.3) is 0 Å². The Balaban J connectivity index is 1.93. The topological polar surface area (TPSA) is 72.4 Å². The van der Waals surface area contributed by atoms with Crippen molar-refractivity contribution in [1.82, 2.24) is 10.3 Å². The minimum absolute atomic E-state index is 0.181. The number of ether oxygens (including phenoxy) is 3. The number of halogens is 1. The van der Waals surface area contributed by atoms with E-state index in [1.165, 1.54) is 20.4 Å². The highest BCUT2D eigenvalue weighted by Gasteiger charge is 2.13. The van der Waals surface area contributed by atoms with Crippen LogP contribution < -0.4 is 14.9 Å². The quantitative estimate of drug-likeness (QED) is 0.620. The first-order valence-electron chi connectivity index (χ1n) is 7.17. The van der Waals surface area contributed by atoms with Crippen LogP contribution in [0, 0.1) is 0 Å². The van der Waals surface area contributed by atoms with Crippen LogP contribution in [0.15, 0.2) is 17.2 Å². The molecule has 0 aliphatic carbocycles. The molecule has 0 saturated carbocycles. The maximum atomic E-state index is 11.8. The predicted molar refractivity (Wildman–Crippen MR) is 87.6 cm³/mol. The van der Waals surface area contributed by atoms with Gasteiger partial charge in [-0.25, -0.2) is 5.43 Å². The second-order valence-electron chi connectivity index (χ2n) is 4.91. The normalized spacial score (nSPS) is 15.6. The van der Waals surface area contributed by atoms with E-state index in [9.17, 15) is 4.79 Å². The van der Waals surface area contributed by atoms with Crippen molar-refractivity contribution in [2.24, 2.45) is 5.10 Å². The van der Waals surface area contributed by atoms with Crippen molar-refractivity contribution in [3.63, 3.8) is 0 Å². The van der Waals surface area contributed by atoms with Gasteiger partial charge in [0, 0.05) is 24.7 Å². The van der Waals surface area contributed by atoms with Crippen LogP contribution in [-0.4, -0.2) is 64.1 Å². The molecule has 0 radical (unpaired) electrons. The van der Waals surface area contributed by atoms with Crippen molar-refractivity contribution in [2.45, 2.75) is 0 Å². The van der Waals surface area contributed by atoms with E-state index in [1.807, 2.05) is 4.90 Å². The van der Waals surface area contributed by atoms with Crippen molar-refractivity contribution in [3.05, 3.63) is 22.7 Å². The van der Waals surface area contributed by atoms with Crippen molar-refractivity contribution in [2.75, 3.05) is 47.1 Å². The lowest BCUT2D eigenvalue weighted by atomic mass is 10.2. The van der Waals surface area contributed by atoms with Crippen molar-refractivity contribution in [1.29, 1.82) is 0 Å². The van der Waals surface area contributed by atoms with E-state index in [4.69, 9.17) is 25.8 Å². The minimum atomic E-state index is -0.181. The average Bonchev–Trinajstić information content (AvgIpc) is 2.56. The van der Waals surface area contributed by atoms with E-state index in [0.29, 0.717) is 41.8 Å². The van der Waals surface area contributed by atoms with Gasteiger partial charge in [0.15, 0.2) is 11.5 Å². The van der Waals surface area contributed by atoms with E-state index in [2.05, 4.69) is 10.5 Å². The van der Waals surface area contributed by atoms with Crippen LogP contribution in [0.5, 0.6) is 11.5 Å². The summed E-state index contributed by atoms with van der Waals surface area (Å²) in [7, 11) is 3.07. The number of methoxy groups -OCH3 is 2. The molecule has 1 saturated heterocycles. The molecule has 2 rings (SSSR count). The van der Waals surface area contributed by atoms with Gasteiger partial charge < -0.3 is 14.2 Å². The summed E-state index contributed by atoms with van der Waals surface area (Å²) in [5.74, 6) is 0.892. The summed E-state index contributed by atoms with van der Waals surface area (Å²) in [6.45, 7) is 3.09. The monoisotopic (exact) mass is 341 g/mol. The van der Waals surface area contributed by atoms with Gasteiger partial charge in [-0.2, -0.15) is 5.10 Å². The molecule has 7 nitrogen and oxygen atoms in total. The standard InChI is InChI=1S/C15H20ClN3O4/c1-21-13-7-11(12(16)8-14(13)22-2)9-17-18-15(20)10-19-3-5-23-6-4-19/h7-9H,3-6,10H2,1-2H3,(H,18,20)/b17-9+. The molecule has 1 amide bonds. The fourth-order valence-electron chi connectivity index (χ4n) is 2.14. The highest BCUT2D eigenvalue weighted by atomic mass is 35.5. The molecular formula is C15H20ClN3O4. The Morgan fingerprint density at radius 3 is 2.65 bits per heavy atom. The summed E-state index contributed by atoms with van der Waals surface area (Å²) in [4.78, 5) is 13.8. The highest BCUT2D eigenvalue weighted by Crippen LogP contribution is 2.32. The number of nitrogens with one attached hydrogen (secondary N) is 1. The maximum Gasteiger partial charge on any atom is 0.254 e. The Morgan fingerprint density at radius 1 is 1.35 bits per heavy atom. The zero-order valence-corrected chi connectivity index (χ0v) is 13.9. The van der Waals surface area contributed by atoms with Crippen LogP contribution in [0.1, 0.15) is 5.56 Å². The van der Waals surface area contributed by atoms with E-state index >= 15 is 0 Å². The second-order valence-corrected chi connectivity index (χ2v) is 5.32. The average molecular weight is 342 g/mol. The molecule has 0 atom stereocenters. The summed E-state index contributed by atoms with van der Waals surface area (Å²) in [5, 5.41) is 4.39. The largest absolute Gasteiger partial charge is 0.493 e. The van der Waals surface area contributed by atoms with E-state index in [0.717, 1.165) is 13.1 Å². The molecule has 1 fully saturated rings. The zero-order chi connectivity index (χ0) is 16.7. The minimum Gasteiger partial charge on any atom is -0.493 e. The van der Waals surface area contributed by atoms with Gasteiger partial charge >= 0.3 is 0 Å². The van der Waals surface area contributed by atoms with Gasteiger partial charge in [0.25, 0.3) is 5.91 Å². The summed E-state index contributed by atoms with van der Waals surface area (Å²) in [6.07, 6.45) is 1.47. The Kier molecular flexibility index (Phi) is 6.64. The Hall–Kier alpha value is -1.83. The molecular weight excluding hydrogens is 322 g/mol. The first kappa shape index (κ1) is 17.5. The Labute approximate surface area is 140 Å². The lowest BCUT2D eigenvalue weighted by molar-refractivity contribution is -0.123. The molecule has 1 heterocycles. The smallest absolute Gasteiger partial charge is 0.254 e. The third-order valence-electron chi connectivity index (χ3n) is 3.37. The van der Waals surface area contributed by atoms with Crippen molar-refractivity contribution in [3.8, 4) is 11.5 Å². The van der Waals surface area contributed by atoms with Gasteiger partial charge in [0.2, 0.25) is 0 Å². The SMILES string of the molecule is COc1cc(Cl)c(/C=N/NC(=O)CN2CCOCC2)cc1OC. The molecule has 0 unspecified atom stereocenters. The summed E-state index contributed by atoms with van der Waals surface area (Å²) >= 11 is 6.15. The van der Waals surface area contributed by atoms with Crippen molar-refractivity contribution < 1.29 is 19.0 Å². The molecule has 126 valence electrons. The Bertz CT molecular complexity index is 574. The molecule has 1 aromatic carbocycles. The third kappa shape index (κ3) is 5.09. The van der Waals surface area contributed by atoms with Crippen LogP contribution in [-0.2, 0) is 9.53 Å². The molecule has 1 aliphatic heterocycles. The zero-order valence-electron chi connectivity index (χ0n) is 13.2. The van der Waals surface area contributed by atoms with Crippen LogP contribution in [0.3, 0.4) is 0 Å². The first-order valence-corrected chi connectivity index (χ1v) is 7.55. The number of amides is 1. The lowest BCUT2D eigenvalue weighted by Gasteiger charge is -2.25. The van der Waals surface area contributed by atoms with Crippen LogP contribution in [0.2, 0.25) is 5.02 Å². The molecule has 1 aromatic rings. The fourth-order valence-corrected chi connectivity index (χ4v) is 2.34. The summed E-state index contributed by atoms with van der Waals surface area (Å²) in [6, 6.07) is 3.33. The van der Waals surface area contributed by atoms with Gasteiger partial charge in [0.05, 0.1) is 45.2 Å². The third-order valence-corrected chi connectivity index (χ3v) is 3.69.